The van der Waals surface area contributed by atoms with Gasteiger partial charge in [-0.1, -0.05) is 6.07 Å². The smallest absolute Gasteiger partial charge is 0.331 e. The van der Waals surface area contributed by atoms with Crippen LogP contribution in [0.25, 0.3) is 0 Å². The van der Waals surface area contributed by atoms with Crippen LogP contribution < -0.4 is 15.2 Å². The summed E-state index contributed by atoms with van der Waals surface area (Å²) in [6, 6.07) is 5.02. The molecule has 6 heteroatoms. The summed E-state index contributed by atoms with van der Waals surface area (Å²) in [5.41, 5.74) is 6.80. The number of nitrogens with two attached hydrogens (primary N) is 1. The van der Waals surface area contributed by atoms with Gasteiger partial charge in [-0.2, -0.15) is 0 Å². The largest absolute Gasteiger partial charge is 0.493 e. The average molecular weight is 269 g/mol. The van der Waals surface area contributed by atoms with E-state index in [4.69, 9.17) is 19.9 Å². The molecule has 1 rings (SSSR count). The van der Waals surface area contributed by atoms with Crippen LogP contribution in [0.1, 0.15) is 11.6 Å². The third kappa shape index (κ3) is 4.42. The van der Waals surface area contributed by atoms with Crippen LogP contribution >= 0.6 is 0 Å². The molecular weight excluding hydrogens is 250 g/mol. The van der Waals surface area contributed by atoms with Gasteiger partial charge in [-0.25, -0.2) is 4.79 Å². The van der Waals surface area contributed by atoms with E-state index in [9.17, 15) is 4.79 Å². The summed E-state index contributed by atoms with van der Waals surface area (Å²) in [4.78, 5) is 10.9. The molecule has 0 saturated carbocycles. The number of carbonyl (C=O) groups excluding carboxylic acids is 1. The standard InChI is InChI=1S/C13H19NO5/c1-16-11-5-4-9(6-12(11)17-2)10(14)7-19-8-13(15)18-3/h4-6,10H,7-8,14H2,1-3H3. The quantitative estimate of drug-likeness (QED) is 0.741. The second kappa shape index (κ2) is 7.60. The van der Waals surface area contributed by atoms with Crippen LogP contribution in [0.5, 0.6) is 11.5 Å². The molecule has 0 bridgehead atoms. The van der Waals surface area contributed by atoms with Crippen molar-refractivity contribution in [3.63, 3.8) is 0 Å². The highest BCUT2D eigenvalue weighted by atomic mass is 16.6. The highest BCUT2D eigenvalue weighted by Gasteiger charge is 2.11. The number of benzene rings is 1. The maximum absolute atomic E-state index is 10.9. The van der Waals surface area contributed by atoms with E-state index in [1.54, 1.807) is 26.4 Å². The van der Waals surface area contributed by atoms with Crippen molar-refractivity contribution in [1.29, 1.82) is 0 Å². The molecule has 19 heavy (non-hydrogen) atoms. The molecule has 1 aromatic rings. The fourth-order valence-corrected chi connectivity index (χ4v) is 1.51. The first-order chi connectivity index (χ1) is 9.12. The summed E-state index contributed by atoms with van der Waals surface area (Å²) in [5, 5.41) is 0. The Hall–Kier alpha value is -1.79. The van der Waals surface area contributed by atoms with Gasteiger partial charge in [-0.05, 0) is 17.7 Å². The number of hydrogen-bond donors (Lipinski definition) is 1. The molecule has 6 nitrogen and oxygen atoms in total. The zero-order valence-electron chi connectivity index (χ0n) is 11.3. The second-order valence-electron chi connectivity index (χ2n) is 3.81. The highest BCUT2D eigenvalue weighted by Crippen LogP contribution is 2.29. The third-order valence-corrected chi connectivity index (χ3v) is 2.58. The zero-order valence-corrected chi connectivity index (χ0v) is 11.3. The van der Waals surface area contributed by atoms with E-state index >= 15 is 0 Å². The Labute approximate surface area is 112 Å². The number of rotatable bonds is 7. The van der Waals surface area contributed by atoms with Gasteiger partial charge in [0.2, 0.25) is 0 Å². The van der Waals surface area contributed by atoms with E-state index in [2.05, 4.69) is 4.74 Å². The molecule has 0 saturated heterocycles. The van der Waals surface area contributed by atoms with Crippen LogP contribution in [-0.4, -0.2) is 40.5 Å². The number of esters is 1. The van der Waals surface area contributed by atoms with Crippen LogP contribution in [0.2, 0.25) is 0 Å². The van der Waals surface area contributed by atoms with Crippen molar-refractivity contribution in [3.8, 4) is 11.5 Å². The Balaban J connectivity index is 2.61. The minimum atomic E-state index is -0.431. The van der Waals surface area contributed by atoms with E-state index in [-0.39, 0.29) is 19.3 Å². The molecule has 2 N–H and O–H groups in total. The van der Waals surface area contributed by atoms with Gasteiger partial charge in [0, 0.05) is 0 Å². The van der Waals surface area contributed by atoms with Gasteiger partial charge in [0.25, 0.3) is 0 Å². The van der Waals surface area contributed by atoms with E-state index < -0.39 is 5.97 Å². The number of carbonyl (C=O) groups is 1. The molecule has 0 aromatic heterocycles. The molecule has 0 aliphatic rings. The zero-order chi connectivity index (χ0) is 14.3. The van der Waals surface area contributed by atoms with E-state index in [0.29, 0.717) is 11.5 Å². The first-order valence-electron chi connectivity index (χ1n) is 5.74. The van der Waals surface area contributed by atoms with Gasteiger partial charge < -0.3 is 24.7 Å². The number of ether oxygens (including phenoxy) is 4. The Morgan fingerprint density at radius 1 is 1.21 bits per heavy atom. The fourth-order valence-electron chi connectivity index (χ4n) is 1.51. The SMILES string of the molecule is COC(=O)COCC(N)c1ccc(OC)c(OC)c1. The van der Waals surface area contributed by atoms with E-state index in [1.807, 2.05) is 6.07 Å². The van der Waals surface area contributed by atoms with Crippen LogP contribution in [0.4, 0.5) is 0 Å². The molecule has 1 unspecified atom stereocenters. The van der Waals surface area contributed by atoms with Gasteiger partial charge in [0.05, 0.1) is 34.0 Å². The van der Waals surface area contributed by atoms with Crippen molar-refractivity contribution in [1.82, 2.24) is 0 Å². The predicted octanol–water partition coefficient (Wildman–Crippen LogP) is 0.893. The lowest BCUT2D eigenvalue weighted by Gasteiger charge is -2.15. The first kappa shape index (κ1) is 15.3. The highest BCUT2D eigenvalue weighted by molar-refractivity contribution is 5.70. The van der Waals surface area contributed by atoms with Crippen LogP contribution in [-0.2, 0) is 14.3 Å². The second-order valence-corrected chi connectivity index (χ2v) is 3.81. The van der Waals surface area contributed by atoms with Crippen molar-refractivity contribution in [2.24, 2.45) is 5.73 Å². The average Bonchev–Trinajstić information content (AvgIpc) is 2.45. The third-order valence-electron chi connectivity index (χ3n) is 2.58. The normalized spacial score (nSPS) is 11.8. The van der Waals surface area contributed by atoms with E-state index in [0.717, 1.165) is 5.56 Å². The van der Waals surface area contributed by atoms with Gasteiger partial charge in [0.1, 0.15) is 6.61 Å². The molecule has 0 amide bonds. The Morgan fingerprint density at radius 3 is 2.47 bits per heavy atom. The van der Waals surface area contributed by atoms with Crippen molar-refractivity contribution in [2.45, 2.75) is 6.04 Å². The Morgan fingerprint density at radius 2 is 1.89 bits per heavy atom. The molecule has 0 radical (unpaired) electrons. The lowest BCUT2D eigenvalue weighted by atomic mass is 10.1. The summed E-state index contributed by atoms with van der Waals surface area (Å²) in [5.74, 6) is 0.803. The van der Waals surface area contributed by atoms with Crippen molar-refractivity contribution >= 4 is 5.97 Å². The summed E-state index contributed by atoms with van der Waals surface area (Å²) in [7, 11) is 4.43. The monoisotopic (exact) mass is 269 g/mol. The molecule has 1 aromatic carbocycles. The van der Waals surface area contributed by atoms with E-state index in [1.165, 1.54) is 7.11 Å². The van der Waals surface area contributed by atoms with Crippen molar-refractivity contribution in [2.75, 3.05) is 34.5 Å². The molecule has 0 fully saturated rings. The molecule has 1 atom stereocenters. The van der Waals surface area contributed by atoms with Crippen LogP contribution in [0.15, 0.2) is 18.2 Å². The van der Waals surface area contributed by atoms with Gasteiger partial charge >= 0.3 is 5.97 Å². The van der Waals surface area contributed by atoms with Gasteiger partial charge in [-0.15, -0.1) is 0 Å². The topological polar surface area (TPSA) is 80.0 Å². The van der Waals surface area contributed by atoms with Gasteiger partial charge in [-0.3, -0.25) is 0 Å². The molecule has 0 heterocycles. The summed E-state index contributed by atoms with van der Waals surface area (Å²) in [6.45, 7) is 0.0993. The molecule has 0 spiro atoms. The maximum Gasteiger partial charge on any atom is 0.331 e. The van der Waals surface area contributed by atoms with Crippen LogP contribution in [0, 0.1) is 0 Å². The van der Waals surface area contributed by atoms with Crippen molar-refractivity contribution in [3.05, 3.63) is 23.8 Å². The number of methoxy groups -OCH3 is 3. The molecule has 0 aliphatic heterocycles. The molecule has 0 aliphatic carbocycles. The van der Waals surface area contributed by atoms with Gasteiger partial charge in [0.15, 0.2) is 11.5 Å². The summed E-state index contributed by atoms with van der Waals surface area (Å²) < 4.78 is 20.0. The minimum Gasteiger partial charge on any atom is -0.493 e. The minimum absolute atomic E-state index is 0.114. The van der Waals surface area contributed by atoms with Crippen LogP contribution in [0.3, 0.4) is 0 Å². The fraction of sp³-hybridized carbons (Fsp3) is 0.462. The first-order valence-corrected chi connectivity index (χ1v) is 5.74. The molecule has 106 valence electrons. The predicted molar refractivity (Wildman–Crippen MR) is 69.3 cm³/mol. The van der Waals surface area contributed by atoms with Crippen molar-refractivity contribution < 1.29 is 23.7 Å². The molecular formula is C13H19NO5. The number of hydrogen-bond acceptors (Lipinski definition) is 6. The Bertz CT molecular complexity index is 421. The summed E-state index contributed by atoms with van der Waals surface area (Å²) >= 11 is 0. The maximum atomic E-state index is 10.9. The Kier molecular flexibility index (Phi) is 6.11. The lowest BCUT2D eigenvalue weighted by Crippen LogP contribution is -2.20. The summed E-state index contributed by atoms with van der Waals surface area (Å²) in [6.07, 6.45) is 0. The lowest BCUT2D eigenvalue weighted by molar-refractivity contribution is -0.146.